The van der Waals surface area contributed by atoms with E-state index >= 15 is 0 Å². The molecule has 6 heteroatoms. The molecule has 1 aliphatic carbocycles. The number of fused-ring (bicyclic) bond motifs is 1. The van der Waals surface area contributed by atoms with Crippen LogP contribution in [0.15, 0.2) is 48.5 Å². The molecule has 3 N–H and O–H groups in total. The molecule has 3 rings (SSSR count). The number of aliphatic hydroxyl groups excluding tert-OH is 1. The summed E-state index contributed by atoms with van der Waals surface area (Å²) in [6.07, 6.45) is 6.70. The Bertz CT molecular complexity index is 869. The van der Waals surface area contributed by atoms with Crippen LogP contribution < -0.4 is 5.48 Å². The molecule has 1 unspecified atom stereocenters. The van der Waals surface area contributed by atoms with E-state index < -0.39 is 5.91 Å². The first-order chi connectivity index (χ1) is 14.1. The molecule has 0 saturated carbocycles. The average Bonchev–Trinajstić information content (AvgIpc) is 3.15. The number of amides is 1. The van der Waals surface area contributed by atoms with Gasteiger partial charge in [0.05, 0.1) is 0 Å². The molecule has 1 aliphatic rings. The zero-order valence-electron chi connectivity index (χ0n) is 16.4. The number of rotatable bonds is 9. The lowest BCUT2D eigenvalue weighted by Gasteiger charge is -2.29. The van der Waals surface area contributed by atoms with Crippen molar-refractivity contribution in [3.05, 3.63) is 75.8 Å². The number of nitrogens with one attached hydrogen (secondary N) is 1. The van der Waals surface area contributed by atoms with Crippen LogP contribution in [0.2, 0.25) is 5.02 Å². The van der Waals surface area contributed by atoms with Crippen molar-refractivity contribution in [3.8, 4) is 0 Å². The van der Waals surface area contributed by atoms with Gasteiger partial charge in [0.2, 0.25) is 0 Å². The van der Waals surface area contributed by atoms with E-state index in [0.717, 1.165) is 49.4 Å². The highest BCUT2D eigenvalue weighted by Crippen LogP contribution is 2.36. The molecular formula is C23H27ClN2O3. The van der Waals surface area contributed by atoms with E-state index in [1.54, 1.807) is 11.6 Å². The van der Waals surface area contributed by atoms with Gasteiger partial charge in [-0.15, -0.1) is 0 Å². The van der Waals surface area contributed by atoms with Gasteiger partial charge in [0, 0.05) is 36.8 Å². The van der Waals surface area contributed by atoms with Crippen LogP contribution >= 0.6 is 11.6 Å². The van der Waals surface area contributed by atoms with Crippen LogP contribution in [0.5, 0.6) is 0 Å². The standard InChI is InChI=1S/C23H27ClN2O3/c24-20-4-1-3-17(16-20)11-13-26(12-2-14-27)22-9-7-19-15-18(5-8-21(19)22)6-10-23(28)25-29/h1,3-6,8,10,15-16,22,27,29H,2,7,9,11-14H2,(H,25,28)/b10-6+. The fraction of sp³-hybridized carbons (Fsp3) is 0.348. The van der Waals surface area contributed by atoms with E-state index in [2.05, 4.69) is 23.1 Å². The lowest BCUT2D eigenvalue weighted by molar-refractivity contribution is -0.124. The van der Waals surface area contributed by atoms with E-state index in [4.69, 9.17) is 16.8 Å². The highest BCUT2D eigenvalue weighted by molar-refractivity contribution is 6.30. The smallest absolute Gasteiger partial charge is 0.267 e. The van der Waals surface area contributed by atoms with Crippen LogP contribution in [0.4, 0.5) is 0 Å². The number of hydroxylamine groups is 1. The average molecular weight is 415 g/mol. The molecule has 154 valence electrons. The lowest BCUT2D eigenvalue weighted by atomic mass is 10.0. The molecule has 0 heterocycles. The molecular weight excluding hydrogens is 388 g/mol. The minimum absolute atomic E-state index is 0.184. The quantitative estimate of drug-likeness (QED) is 0.332. The summed E-state index contributed by atoms with van der Waals surface area (Å²) in [5.74, 6) is -0.542. The Morgan fingerprint density at radius 1 is 1.24 bits per heavy atom. The number of hydrogen-bond donors (Lipinski definition) is 3. The maximum atomic E-state index is 11.2. The van der Waals surface area contributed by atoms with E-state index in [9.17, 15) is 9.90 Å². The highest BCUT2D eigenvalue weighted by atomic mass is 35.5. The van der Waals surface area contributed by atoms with Crippen molar-refractivity contribution in [2.75, 3.05) is 19.7 Å². The first-order valence-corrected chi connectivity index (χ1v) is 10.3. The topological polar surface area (TPSA) is 72.8 Å². The number of carbonyl (C=O) groups excluding carboxylic acids is 1. The molecule has 0 fully saturated rings. The normalized spacial score (nSPS) is 15.8. The third-order valence-electron chi connectivity index (χ3n) is 5.37. The summed E-state index contributed by atoms with van der Waals surface area (Å²) in [6.45, 7) is 1.94. The minimum atomic E-state index is -0.542. The summed E-state index contributed by atoms with van der Waals surface area (Å²) in [5, 5.41) is 18.7. The van der Waals surface area contributed by atoms with Gasteiger partial charge in [-0.05, 0) is 66.1 Å². The minimum Gasteiger partial charge on any atom is -0.396 e. The third kappa shape index (κ3) is 5.90. The largest absolute Gasteiger partial charge is 0.396 e. The fourth-order valence-electron chi connectivity index (χ4n) is 3.97. The number of hydrogen-bond acceptors (Lipinski definition) is 4. The van der Waals surface area contributed by atoms with Crippen molar-refractivity contribution >= 4 is 23.6 Å². The number of aryl methyl sites for hydroxylation is 1. The summed E-state index contributed by atoms with van der Waals surface area (Å²) in [4.78, 5) is 13.6. The summed E-state index contributed by atoms with van der Waals surface area (Å²) in [6, 6.07) is 14.5. The second kappa shape index (κ2) is 10.6. The van der Waals surface area contributed by atoms with Crippen LogP contribution in [0, 0.1) is 0 Å². The van der Waals surface area contributed by atoms with Crippen molar-refractivity contribution in [1.82, 2.24) is 10.4 Å². The molecule has 1 atom stereocenters. The van der Waals surface area contributed by atoms with Gasteiger partial charge in [0.15, 0.2) is 0 Å². The SMILES string of the molecule is O=C(/C=C/c1ccc2c(c1)CCC2N(CCCO)CCc1cccc(Cl)c1)NO. The van der Waals surface area contributed by atoms with Crippen molar-refractivity contribution in [1.29, 1.82) is 0 Å². The number of aliphatic hydroxyl groups is 1. The number of carbonyl (C=O) groups is 1. The first-order valence-electron chi connectivity index (χ1n) is 9.95. The first kappa shape index (κ1) is 21.5. The zero-order valence-corrected chi connectivity index (χ0v) is 17.1. The Morgan fingerprint density at radius 2 is 2.10 bits per heavy atom. The second-order valence-electron chi connectivity index (χ2n) is 7.32. The van der Waals surface area contributed by atoms with Crippen LogP contribution in [0.1, 0.15) is 41.1 Å². The van der Waals surface area contributed by atoms with Crippen LogP contribution in [0.25, 0.3) is 6.08 Å². The number of benzene rings is 2. The monoisotopic (exact) mass is 414 g/mol. The van der Waals surface area contributed by atoms with Gasteiger partial charge < -0.3 is 5.11 Å². The molecule has 2 aromatic rings. The second-order valence-corrected chi connectivity index (χ2v) is 7.75. The lowest BCUT2D eigenvalue weighted by Crippen LogP contribution is -2.31. The Morgan fingerprint density at radius 3 is 2.86 bits per heavy atom. The molecule has 1 amide bonds. The van der Waals surface area contributed by atoms with E-state index in [1.165, 1.54) is 22.8 Å². The Kier molecular flexibility index (Phi) is 7.83. The number of nitrogens with zero attached hydrogens (tertiary/aromatic N) is 1. The maximum Gasteiger partial charge on any atom is 0.267 e. The van der Waals surface area contributed by atoms with Crippen LogP contribution in [-0.2, 0) is 17.6 Å². The van der Waals surface area contributed by atoms with Crippen molar-refractivity contribution < 1.29 is 15.1 Å². The molecule has 29 heavy (non-hydrogen) atoms. The summed E-state index contributed by atoms with van der Waals surface area (Å²) in [7, 11) is 0. The van der Waals surface area contributed by atoms with Crippen molar-refractivity contribution in [2.45, 2.75) is 31.7 Å². The predicted octanol–water partition coefficient (Wildman–Crippen LogP) is 3.77. The van der Waals surface area contributed by atoms with Gasteiger partial charge in [-0.2, -0.15) is 0 Å². The summed E-state index contributed by atoms with van der Waals surface area (Å²) >= 11 is 6.12. The van der Waals surface area contributed by atoms with E-state index in [0.29, 0.717) is 6.04 Å². The van der Waals surface area contributed by atoms with Crippen molar-refractivity contribution in [2.24, 2.45) is 0 Å². The molecule has 0 saturated heterocycles. The van der Waals surface area contributed by atoms with Gasteiger partial charge >= 0.3 is 0 Å². The van der Waals surface area contributed by atoms with Gasteiger partial charge in [-0.25, -0.2) is 5.48 Å². The molecule has 0 radical (unpaired) electrons. The van der Waals surface area contributed by atoms with Crippen molar-refractivity contribution in [3.63, 3.8) is 0 Å². The van der Waals surface area contributed by atoms with E-state index in [1.807, 2.05) is 24.3 Å². The molecule has 5 nitrogen and oxygen atoms in total. The third-order valence-corrected chi connectivity index (χ3v) is 5.61. The van der Waals surface area contributed by atoms with Crippen LogP contribution in [0.3, 0.4) is 0 Å². The molecule has 2 aromatic carbocycles. The Labute approximate surface area is 176 Å². The van der Waals surface area contributed by atoms with Gasteiger partial charge in [0.25, 0.3) is 5.91 Å². The van der Waals surface area contributed by atoms with Gasteiger partial charge in [-0.1, -0.05) is 41.9 Å². The highest BCUT2D eigenvalue weighted by Gasteiger charge is 2.27. The summed E-state index contributed by atoms with van der Waals surface area (Å²) in [5.41, 5.74) is 6.36. The molecule has 0 spiro atoms. The van der Waals surface area contributed by atoms with Crippen LogP contribution in [-0.4, -0.2) is 40.8 Å². The fourth-order valence-corrected chi connectivity index (χ4v) is 4.18. The molecule has 0 aromatic heterocycles. The Hall–Kier alpha value is -2.18. The molecule has 0 bridgehead atoms. The predicted molar refractivity (Wildman–Crippen MR) is 115 cm³/mol. The molecule has 0 aliphatic heterocycles. The van der Waals surface area contributed by atoms with Gasteiger partial charge in [-0.3, -0.25) is 14.9 Å². The summed E-state index contributed by atoms with van der Waals surface area (Å²) < 4.78 is 0. The zero-order chi connectivity index (χ0) is 20.6. The Balaban J connectivity index is 1.73. The van der Waals surface area contributed by atoms with Gasteiger partial charge in [0.1, 0.15) is 0 Å². The van der Waals surface area contributed by atoms with E-state index in [-0.39, 0.29) is 6.61 Å². The maximum absolute atomic E-state index is 11.2. The number of halogens is 1.